The number of anilines is 1. The Balaban J connectivity index is 1.44. The topological polar surface area (TPSA) is 91.8 Å². The number of hydrogen-bond acceptors (Lipinski definition) is 9. The molecule has 3 aromatic heterocycles. The van der Waals surface area contributed by atoms with E-state index in [4.69, 9.17) is 14.7 Å². The zero-order valence-electron chi connectivity index (χ0n) is 18.0. The van der Waals surface area contributed by atoms with Gasteiger partial charge < -0.3 is 9.64 Å². The van der Waals surface area contributed by atoms with Crippen LogP contribution < -0.4 is 4.90 Å². The lowest BCUT2D eigenvalue weighted by Gasteiger charge is -2.32. The normalized spacial score (nSPS) is 19.0. The number of hydrogen-bond donors (Lipinski definition) is 0. The van der Waals surface area contributed by atoms with E-state index in [-0.39, 0.29) is 0 Å². The minimum atomic E-state index is -3.12. The van der Waals surface area contributed by atoms with Crippen molar-refractivity contribution in [3.63, 3.8) is 0 Å². The van der Waals surface area contributed by atoms with Crippen LogP contribution in [-0.4, -0.2) is 91.3 Å². The van der Waals surface area contributed by atoms with Crippen molar-refractivity contribution in [3.8, 4) is 11.4 Å². The molecule has 0 N–H and O–H groups in total. The van der Waals surface area contributed by atoms with Crippen molar-refractivity contribution in [2.45, 2.75) is 6.54 Å². The van der Waals surface area contributed by atoms with E-state index in [0.717, 1.165) is 54.3 Å². The first-order chi connectivity index (χ1) is 15.5. The van der Waals surface area contributed by atoms with Crippen molar-refractivity contribution in [2.75, 3.05) is 63.6 Å². The fourth-order valence-corrected chi connectivity index (χ4v) is 6.01. The van der Waals surface area contributed by atoms with E-state index in [2.05, 4.69) is 20.9 Å². The highest BCUT2D eigenvalue weighted by molar-refractivity contribution is 7.88. The predicted molar refractivity (Wildman–Crippen MR) is 125 cm³/mol. The first-order valence-electron chi connectivity index (χ1n) is 10.7. The quantitative estimate of drug-likeness (QED) is 0.552. The van der Waals surface area contributed by atoms with E-state index >= 15 is 0 Å². The number of fused-ring (bicyclic) bond motifs is 1. The number of aromatic nitrogens is 3. The fourth-order valence-electron chi connectivity index (χ4n) is 4.11. The van der Waals surface area contributed by atoms with Gasteiger partial charge in [-0.1, -0.05) is 0 Å². The van der Waals surface area contributed by atoms with Gasteiger partial charge in [-0.2, -0.15) is 4.31 Å². The standard InChI is InChI=1S/C21H26N6O3S2/c1-32(28,29)27-7-5-25(6-8-27)15-17-13-18-20(26-9-11-30-12-10-26)23-19(24-21(18)31-17)16-3-2-4-22-14-16/h2-4,13-14H,5-12,15H2,1H3. The van der Waals surface area contributed by atoms with Crippen LogP contribution >= 0.6 is 11.3 Å². The summed E-state index contributed by atoms with van der Waals surface area (Å²) in [4.78, 5) is 20.8. The monoisotopic (exact) mass is 474 g/mol. The lowest BCUT2D eigenvalue weighted by atomic mass is 10.2. The van der Waals surface area contributed by atoms with Crippen molar-refractivity contribution in [1.82, 2.24) is 24.2 Å². The van der Waals surface area contributed by atoms with E-state index in [0.29, 0.717) is 32.1 Å². The van der Waals surface area contributed by atoms with Crippen LogP contribution in [0.1, 0.15) is 4.88 Å². The first kappa shape index (κ1) is 21.7. The van der Waals surface area contributed by atoms with Crippen LogP contribution in [0.4, 0.5) is 5.82 Å². The molecule has 0 bridgehead atoms. The zero-order valence-corrected chi connectivity index (χ0v) is 19.6. The third-order valence-electron chi connectivity index (χ3n) is 5.83. The molecule has 0 spiro atoms. The first-order valence-corrected chi connectivity index (χ1v) is 13.3. The molecule has 2 aliphatic heterocycles. The summed E-state index contributed by atoms with van der Waals surface area (Å²) in [7, 11) is -3.12. The summed E-state index contributed by atoms with van der Waals surface area (Å²) >= 11 is 1.68. The number of rotatable bonds is 5. The van der Waals surface area contributed by atoms with Crippen molar-refractivity contribution in [2.24, 2.45) is 0 Å². The third kappa shape index (κ3) is 4.62. The maximum atomic E-state index is 11.8. The second-order valence-corrected chi connectivity index (χ2v) is 11.2. The molecule has 5 rings (SSSR count). The summed E-state index contributed by atoms with van der Waals surface area (Å²) in [5.74, 6) is 1.63. The molecular weight excluding hydrogens is 448 g/mol. The molecule has 0 unspecified atom stereocenters. The van der Waals surface area contributed by atoms with E-state index < -0.39 is 10.0 Å². The number of sulfonamides is 1. The van der Waals surface area contributed by atoms with Gasteiger partial charge in [0, 0.05) is 68.6 Å². The van der Waals surface area contributed by atoms with Crippen molar-refractivity contribution < 1.29 is 13.2 Å². The van der Waals surface area contributed by atoms with Crippen molar-refractivity contribution in [1.29, 1.82) is 0 Å². The molecule has 0 atom stereocenters. The highest BCUT2D eigenvalue weighted by atomic mass is 32.2. The van der Waals surface area contributed by atoms with Crippen molar-refractivity contribution in [3.05, 3.63) is 35.5 Å². The third-order valence-corrected chi connectivity index (χ3v) is 8.15. The Morgan fingerprint density at radius 2 is 1.88 bits per heavy atom. The van der Waals surface area contributed by atoms with Gasteiger partial charge in [-0.05, 0) is 18.2 Å². The van der Waals surface area contributed by atoms with Gasteiger partial charge in [0.2, 0.25) is 10.0 Å². The number of ether oxygens (including phenoxy) is 1. The van der Waals surface area contributed by atoms with Gasteiger partial charge in [0.1, 0.15) is 10.6 Å². The molecule has 32 heavy (non-hydrogen) atoms. The van der Waals surface area contributed by atoms with Crippen LogP contribution in [0.25, 0.3) is 21.6 Å². The van der Waals surface area contributed by atoms with Gasteiger partial charge in [-0.3, -0.25) is 9.88 Å². The number of nitrogens with zero attached hydrogens (tertiary/aromatic N) is 6. The Hall–Kier alpha value is -2.18. The van der Waals surface area contributed by atoms with E-state index in [1.54, 1.807) is 28.0 Å². The average molecular weight is 475 g/mol. The Bertz CT molecular complexity index is 1190. The molecule has 170 valence electrons. The molecule has 0 radical (unpaired) electrons. The van der Waals surface area contributed by atoms with Crippen LogP contribution in [0, 0.1) is 0 Å². The summed E-state index contributed by atoms with van der Waals surface area (Å²) in [6, 6.07) is 6.07. The smallest absolute Gasteiger partial charge is 0.211 e. The summed E-state index contributed by atoms with van der Waals surface area (Å²) < 4.78 is 30.7. The largest absolute Gasteiger partial charge is 0.378 e. The van der Waals surface area contributed by atoms with Gasteiger partial charge in [-0.15, -0.1) is 11.3 Å². The number of morpholine rings is 1. The summed E-state index contributed by atoms with van der Waals surface area (Å²) in [6.45, 7) is 6.29. The predicted octanol–water partition coefficient (Wildman–Crippen LogP) is 1.67. The molecule has 2 aliphatic rings. The Morgan fingerprint density at radius 3 is 2.56 bits per heavy atom. The van der Waals surface area contributed by atoms with Gasteiger partial charge in [0.25, 0.3) is 0 Å². The lowest BCUT2D eigenvalue weighted by Crippen LogP contribution is -2.47. The summed E-state index contributed by atoms with van der Waals surface area (Å²) in [6.07, 6.45) is 4.82. The molecule has 11 heteroatoms. The van der Waals surface area contributed by atoms with Crippen molar-refractivity contribution >= 4 is 37.4 Å². The maximum Gasteiger partial charge on any atom is 0.211 e. The molecule has 2 saturated heterocycles. The minimum Gasteiger partial charge on any atom is -0.378 e. The molecule has 0 aliphatic carbocycles. The number of pyridine rings is 1. The van der Waals surface area contributed by atoms with Crippen LogP contribution in [0.2, 0.25) is 0 Å². The second-order valence-electron chi connectivity index (χ2n) is 8.08. The second kappa shape index (κ2) is 8.99. The van der Waals surface area contributed by atoms with Crippen LogP contribution in [-0.2, 0) is 21.3 Å². The van der Waals surface area contributed by atoms with Crippen LogP contribution in [0.15, 0.2) is 30.6 Å². The Morgan fingerprint density at radius 1 is 1.09 bits per heavy atom. The molecule has 2 fully saturated rings. The van der Waals surface area contributed by atoms with E-state index in [1.807, 2.05) is 12.1 Å². The summed E-state index contributed by atoms with van der Waals surface area (Å²) in [5.41, 5.74) is 0.899. The maximum absolute atomic E-state index is 11.8. The molecule has 9 nitrogen and oxygen atoms in total. The molecule has 0 amide bonds. The average Bonchev–Trinajstić information content (AvgIpc) is 3.21. The highest BCUT2D eigenvalue weighted by Gasteiger charge is 2.25. The molecule has 0 saturated carbocycles. The number of piperazine rings is 1. The number of thiophene rings is 1. The van der Waals surface area contributed by atoms with Gasteiger partial charge in [-0.25, -0.2) is 18.4 Å². The molecule has 3 aromatic rings. The molecular formula is C21H26N6O3S2. The van der Waals surface area contributed by atoms with E-state index in [1.165, 1.54) is 11.1 Å². The highest BCUT2D eigenvalue weighted by Crippen LogP contribution is 2.34. The van der Waals surface area contributed by atoms with Gasteiger partial charge >= 0.3 is 0 Å². The van der Waals surface area contributed by atoms with Crippen LogP contribution in [0.5, 0.6) is 0 Å². The molecule has 5 heterocycles. The van der Waals surface area contributed by atoms with E-state index in [9.17, 15) is 8.42 Å². The Labute approximate surface area is 191 Å². The van der Waals surface area contributed by atoms with Gasteiger partial charge in [0.05, 0.1) is 24.9 Å². The SMILES string of the molecule is CS(=O)(=O)N1CCN(Cc2cc3c(N4CCOCC4)nc(-c4cccnc4)nc3s2)CC1. The minimum absolute atomic E-state index is 0.535. The van der Waals surface area contributed by atoms with Gasteiger partial charge in [0.15, 0.2) is 5.82 Å². The zero-order chi connectivity index (χ0) is 22.1. The lowest BCUT2D eigenvalue weighted by molar-refractivity contribution is 0.122. The summed E-state index contributed by atoms with van der Waals surface area (Å²) in [5, 5.41) is 1.06. The Kier molecular flexibility index (Phi) is 6.08. The van der Waals surface area contributed by atoms with Crippen LogP contribution in [0.3, 0.4) is 0 Å². The fraction of sp³-hybridized carbons (Fsp3) is 0.476. The molecule has 0 aromatic carbocycles.